The Kier molecular flexibility index (Phi) is 10.7. The van der Waals surface area contributed by atoms with E-state index in [1.54, 1.807) is 24.3 Å². The Bertz CT molecular complexity index is 642. The SMILES string of the molecule is C=CCCCCCN(C)C(=NCCCS(=O)(=O)c1ccccc1)NCC. The van der Waals surface area contributed by atoms with Crippen molar-refractivity contribution in [1.82, 2.24) is 10.2 Å². The highest BCUT2D eigenvalue weighted by Gasteiger charge is 2.13. The van der Waals surface area contributed by atoms with Gasteiger partial charge in [-0.2, -0.15) is 0 Å². The van der Waals surface area contributed by atoms with Crippen LogP contribution >= 0.6 is 0 Å². The molecular weight excluding hydrogens is 346 g/mol. The largest absolute Gasteiger partial charge is 0.357 e. The van der Waals surface area contributed by atoms with Gasteiger partial charge in [0.25, 0.3) is 0 Å². The highest BCUT2D eigenvalue weighted by Crippen LogP contribution is 2.11. The summed E-state index contributed by atoms with van der Waals surface area (Å²) in [6.07, 6.45) is 6.98. The molecule has 146 valence electrons. The molecule has 6 heteroatoms. The quantitative estimate of drug-likeness (QED) is 0.261. The molecule has 0 unspecified atom stereocenters. The van der Waals surface area contributed by atoms with Gasteiger partial charge in [0.15, 0.2) is 15.8 Å². The summed E-state index contributed by atoms with van der Waals surface area (Å²) >= 11 is 0. The third kappa shape index (κ3) is 8.52. The fraction of sp³-hybridized carbons (Fsp3) is 0.550. The van der Waals surface area contributed by atoms with Crippen LogP contribution < -0.4 is 5.32 Å². The van der Waals surface area contributed by atoms with Crippen molar-refractivity contribution in [2.24, 2.45) is 4.99 Å². The van der Waals surface area contributed by atoms with Gasteiger partial charge in [-0.05, 0) is 44.7 Å². The number of allylic oxidation sites excluding steroid dienone is 1. The average Bonchev–Trinajstić information content (AvgIpc) is 2.64. The van der Waals surface area contributed by atoms with Gasteiger partial charge in [0.05, 0.1) is 10.6 Å². The Morgan fingerprint density at radius 2 is 1.92 bits per heavy atom. The number of hydrogen-bond acceptors (Lipinski definition) is 3. The predicted octanol–water partition coefficient (Wildman–Crippen LogP) is 3.49. The number of hydrogen-bond donors (Lipinski definition) is 1. The van der Waals surface area contributed by atoms with Crippen LogP contribution in [0, 0.1) is 0 Å². The fourth-order valence-corrected chi connectivity index (χ4v) is 3.89. The van der Waals surface area contributed by atoms with Gasteiger partial charge in [-0.25, -0.2) is 8.42 Å². The molecule has 0 aromatic heterocycles. The van der Waals surface area contributed by atoms with Crippen molar-refractivity contribution in [3.05, 3.63) is 43.0 Å². The van der Waals surface area contributed by atoms with E-state index in [2.05, 4.69) is 21.8 Å². The lowest BCUT2D eigenvalue weighted by Crippen LogP contribution is -2.39. The monoisotopic (exact) mass is 379 g/mol. The maximum Gasteiger partial charge on any atom is 0.193 e. The van der Waals surface area contributed by atoms with Crippen molar-refractivity contribution in [3.63, 3.8) is 0 Å². The molecule has 1 aromatic carbocycles. The van der Waals surface area contributed by atoms with Crippen LogP contribution in [0.2, 0.25) is 0 Å². The fourth-order valence-electron chi connectivity index (χ4n) is 2.58. The van der Waals surface area contributed by atoms with Crippen LogP contribution in [0.5, 0.6) is 0 Å². The molecule has 5 nitrogen and oxygen atoms in total. The molecule has 1 aromatic rings. The Balaban J connectivity index is 2.46. The summed E-state index contributed by atoms with van der Waals surface area (Å²) in [5.74, 6) is 0.957. The second-order valence-corrected chi connectivity index (χ2v) is 8.39. The van der Waals surface area contributed by atoms with Crippen LogP contribution in [-0.4, -0.2) is 51.7 Å². The van der Waals surface area contributed by atoms with Crippen molar-refractivity contribution < 1.29 is 8.42 Å². The van der Waals surface area contributed by atoms with E-state index in [-0.39, 0.29) is 5.75 Å². The Morgan fingerprint density at radius 1 is 1.19 bits per heavy atom. The Morgan fingerprint density at radius 3 is 2.58 bits per heavy atom. The third-order valence-electron chi connectivity index (χ3n) is 4.03. The topological polar surface area (TPSA) is 61.8 Å². The minimum absolute atomic E-state index is 0.116. The van der Waals surface area contributed by atoms with Crippen molar-refractivity contribution in [2.45, 2.75) is 43.9 Å². The van der Waals surface area contributed by atoms with Gasteiger partial charge in [0.2, 0.25) is 0 Å². The van der Waals surface area contributed by atoms with E-state index in [4.69, 9.17) is 0 Å². The first-order valence-electron chi connectivity index (χ1n) is 9.39. The molecule has 0 heterocycles. The number of rotatable bonds is 12. The normalized spacial score (nSPS) is 12.0. The van der Waals surface area contributed by atoms with Gasteiger partial charge in [0.1, 0.15) is 0 Å². The summed E-state index contributed by atoms with van der Waals surface area (Å²) < 4.78 is 24.6. The molecule has 0 amide bonds. The summed E-state index contributed by atoms with van der Waals surface area (Å²) in [5, 5.41) is 3.27. The molecule has 0 bridgehead atoms. The number of guanidine groups is 1. The first-order chi connectivity index (χ1) is 12.5. The molecule has 1 rings (SSSR count). The molecule has 0 fully saturated rings. The van der Waals surface area contributed by atoms with E-state index in [9.17, 15) is 8.42 Å². The Hall–Kier alpha value is -1.82. The molecule has 1 N–H and O–H groups in total. The average molecular weight is 380 g/mol. The van der Waals surface area contributed by atoms with E-state index in [0.717, 1.165) is 31.9 Å². The van der Waals surface area contributed by atoms with E-state index in [1.165, 1.54) is 12.8 Å². The lowest BCUT2D eigenvalue weighted by molar-refractivity contribution is 0.455. The maximum absolute atomic E-state index is 12.3. The summed E-state index contributed by atoms with van der Waals surface area (Å²) in [5.41, 5.74) is 0. The molecule has 0 atom stereocenters. The number of benzene rings is 1. The molecule has 0 aliphatic heterocycles. The second kappa shape index (κ2) is 12.5. The molecule has 0 radical (unpaired) electrons. The van der Waals surface area contributed by atoms with Crippen molar-refractivity contribution >= 4 is 15.8 Å². The van der Waals surface area contributed by atoms with Gasteiger partial charge in [-0.1, -0.05) is 30.7 Å². The Labute approximate surface area is 159 Å². The smallest absolute Gasteiger partial charge is 0.193 e. The van der Waals surface area contributed by atoms with Gasteiger partial charge < -0.3 is 10.2 Å². The van der Waals surface area contributed by atoms with Crippen LogP contribution in [0.15, 0.2) is 52.9 Å². The zero-order valence-electron chi connectivity index (χ0n) is 16.2. The van der Waals surface area contributed by atoms with Crippen LogP contribution in [-0.2, 0) is 9.84 Å². The standard InChI is InChI=1S/C20H33N3O2S/c1-4-6-7-8-12-17-23(3)20(21-5-2)22-16-13-18-26(24,25)19-14-10-9-11-15-19/h4,9-11,14-15H,1,5-8,12-13,16-18H2,2-3H3,(H,21,22). The summed E-state index contributed by atoms with van der Waals surface area (Å²) in [7, 11) is -1.20. The lowest BCUT2D eigenvalue weighted by Gasteiger charge is -2.22. The molecule has 0 spiro atoms. The highest BCUT2D eigenvalue weighted by molar-refractivity contribution is 7.91. The summed E-state index contributed by atoms with van der Waals surface area (Å²) in [4.78, 5) is 7.07. The summed E-state index contributed by atoms with van der Waals surface area (Å²) in [6, 6.07) is 8.60. The van der Waals surface area contributed by atoms with E-state index >= 15 is 0 Å². The molecule has 0 aliphatic rings. The van der Waals surface area contributed by atoms with Gasteiger partial charge in [-0.3, -0.25) is 4.99 Å². The first-order valence-corrected chi connectivity index (χ1v) is 11.0. The van der Waals surface area contributed by atoms with Crippen LogP contribution in [0.1, 0.15) is 39.0 Å². The van der Waals surface area contributed by atoms with Crippen molar-refractivity contribution in [2.75, 3.05) is 32.4 Å². The van der Waals surface area contributed by atoms with E-state index in [0.29, 0.717) is 17.9 Å². The predicted molar refractivity (Wildman–Crippen MR) is 110 cm³/mol. The minimum Gasteiger partial charge on any atom is -0.357 e. The molecular formula is C20H33N3O2S. The van der Waals surface area contributed by atoms with E-state index in [1.807, 2.05) is 26.1 Å². The van der Waals surface area contributed by atoms with Crippen LogP contribution in [0.3, 0.4) is 0 Å². The number of nitrogens with one attached hydrogen (secondary N) is 1. The number of nitrogens with zero attached hydrogens (tertiary/aromatic N) is 2. The minimum atomic E-state index is -3.23. The molecule has 0 saturated carbocycles. The first kappa shape index (κ1) is 22.2. The van der Waals surface area contributed by atoms with E-state index < -0.39 is 9.84 Å². The summed E-state index contributed by atoms with van der Waals surface area (Å²) in [6.45, 7) is 8.00. The highest BCUT2D eigenvalue weighted by atomic mass is 32.2. The lowest BCUT2D eigenvalue weighted by atomic mass is 10.2. The zero-order chi connectivity index (χ0) is 19.3. The molecule has 0 aliphatic carbocycles. The third-order valence-corrected chi connectivity index (χ3v) is 5.85. The molecule has 26 heavy (non-hydrogen) atoms. The maximum atomic E-state index is 12.3. The number of aliphatic imine (C=N–C) groups is 1. The van der Waals surface area contributed by atoms with Crippen molar-refractivity contribution in [3.8, 4) is 0 Å². The number of unbranched alkanes of at least 4 members (excludes halogenated alkanes) is 3. The number of sulfone groups is 1. The second-order valence-electron chi connectivity index (χ2n) is 6.28. The van der Waals surface area contributed by atoms with Gasteiger partial charge in [-0.15, -0.1) is 6.58 Å². The zero-order valence-corrected chi connectivity index (χ0v) is 17.0. The van der Waals surface area contributed by atoms with Crippen molar-refractivity contribution in [1.29, 1.82) is 0 Å². The van der Waals surface area contributed by atoms with Gasteiger partial charge >= 0.3 is 0 Å². The van der Waals surface area contributed by atoms with Gasteiger partial charge in [0, 0.05) is 26.7 Å². The van der Waals surface area contributed by atoms with Crippen LogP contribution in [0.4, 0.5) is 0 Å². The van der Waals surface area contributed by atoms with Crippen LogP contribution in [0.25, 0.3) is 0 Å². The molecule has 0 saturated heterocycles.